The van der Waals surface area contributed by atoms with Crippen LogP contribution in [0.4, 0.5) is 0 Å². The summed E-state index contributed by atoms with van der Waals surface area (Å²) in [5.41, 5.74) is 6.43. The van der Waals surface area contributed by atoms with Crippen LogP contribution in [0.3, 0.4) is 0 Å². The number of hydrogen-bond donors (Lipinski definition) is 1. The van der Waals surface area contributed by atoms with Gasteiger partial charge in [-0.15, -0.1) is 0 Å². The lowest BCUT2D eigenvalue weighted by Gasteiger charge is -1.89. The van der Waals surface area contributed by atoms with E-state index in [1.54, 1.807) is 0 Å². The fourth-order valence-electron chi connectivity index (χ4n) is 1.08. The van der Waals surface area contributed by atoms with E-state index in [0.29, 0.717) is 12.4 Å². The number of oxazole rings is 1. The van der Waals surface area contributed by atoms with Gasteiger partial charge in [0.15, 0.2) is 0 Å². The summed E-state index contributed by atoms with van der Waals surface area (Å²) >= 11 is 0. The summed E-state index contributed by atoms with van der Waals surface area (Å²) in [6.07, 6.45) is 1.82. The van der Waals surface area contributed by atoms with E-state index in [1.165, 1.54) is 0 Å². The lowest BCUT2D eigenvalue weighted by molar-refractivity contribution is 0.459. The van der Waals surface area contributed by atoms with E-state index >= 15 is 0 Å². The lowest BCUT2D eigenvalue weighted by Crippen LogP contribution is -1.95. The normalized spacial score (nSPS) is 10.5. The first-order valence-electron chi connectivity index (χ1n) is 3.99. The van der Waals surface area contributed by atoms with Crippen molar-refractivity contribution in [1.82, 2.24) is 4.98 Å². The maximum atomic E-state index is 5.39. The van der Waals surface area contributed by atoms with Gasteiger partial charge in [0, 0.05) is 6.42 Å². The van der Waals surface area contributed by atoms with Gasteiger partial charge in [0.05, 0.1) is 12.2 Å². The fraction of sp³-hybridized carbons (Fsp3) is 0.625. The molecule has 0 saturated heterocycles. The number of rotatable bonds is 3. The maximum absolute atomic E-state index is 5.39. The van der Waals surface area contributed by atoms with Gasteiger partial charge in [-0.1, -0.05) is 13.8 Å². The van der Waals surface area contributed by atoms with Crippen LogP contribution in [0.2, 0.25) is 0 Å². The molecule has 62 valence electrons. The van der Waals surface area contributed by atoms with Crippen LogP contribution < -0.4 is 5.73 Å². The smallest absolute Gasteiger partial charge is 0.208 e. The van der Waals surface area contributed by atoms with Crippen LogP contribution in [0, 0.1) is 0 Å². The second-order valence-electron chi connectivity index (χ2n) is 2.39. The van der Waals surface area contributed by atoms with E-state index < -0.39 is 0 Å². The van der Waals surface area contributed by atoms with Crippen molar-refractivity contribution < 1.29 is 4.42 Å². The Morgan fingerprint density at radius 1 is 1.36 bits per heavy atom. The van der Waals surface area contributed by atoms with Crippen molar-refractivity contribution in [2.75, 3.05) is 0 Å². The lowest BCUT2D eigenvalue weighted by atomic mass is 10.2. The third kappa shape index (κ3) is 1.60. The highest BCUT2D eigenvalue weighted by molar-refractivity contribution is 5.09. The molecule has 0 saturated carbocycles. The van der Waals surface area contributed by atoms with Crippen molar-refractivity contribution in [2.24, 2.45) is 5.73 Å². The number of aryl methyl sites for hydroxylation is 2. The van der Waals surface area contributed by atoms with Gasteiger partial charge in [-0.3, -0.25) is 0 Å². The molecule has 11 heavy (non-hydrogen) atoms. The summed E-state index contributed by atoms with van der Waals surface area (Å²) in [7, 11) is 0. The molecule has 0 fully saturated rings. The largest absolute Gasteiger partial charge is 0.444 e. The molecule has 0 aliphatic heterocycles. The first kappa shape index (κ1) is 8.27. The maximum Gasteiger partial charge on any atom is 0.208 e. The van der Waals surface area contributed by atoms with E-state index in [0.717, 1.165) is 24.3 Å². The monoisotopic (exact) mass is 154 g/mol. The topological polar surface area (TPSA) is 52.0 Å². The zero-order chi connectivity index (χ0) is 8.27. The SMILES string of the molecule is CCc1nc(CN)oc1CC. The Morgan fingerprint density at radius 3 is 2.45 bits per heavy atom. The zero-order valence-corrected chi connectivity index (χ0v) is 7.05. The van der Waals surface area contributed by atoms with E-state index in [4.69, 9.17) is 10.2 Å². The predicted octanol–water partition coefficient (Wildman–Crippen LogP) is 1.26. The van der Waals surface area contributed by atoms with Crippen LogP contribution >= 0.6 is 0 Å². The molecular formula is C8H14N2O. The van der Waals surface area contributed by atoms with Crippen LogP contribution in [0.25, 0.3) is 0 Å². The van der Waals surface area contributed by atoms with Crippen LogP contribution in [-0.2, 0) is 19.4 Å². The zero-order valence-electron chi connectivity index (χ0n) is 7.05. The Morgan fingerprint density at radius 2 is 2.09 bits per heavy atom. The average Bonchev–Trinajstić information content (AvgIpc) is 2.46. The molecule has 3 nitrogen and oxygen atoms in total. The van der Waals surface area contributed by atoms with Crippen LogP contribution in [-0.4, -0.2) is 4.98 Å². The number of hydrogen-bond acceptors (Lipinski definition) is 3. The van der Waals surface area contributed by atoms with Gasteiger partial charge in [-0.25, -0.2) is 4.98 Å². The molecular weight excluding hydrogens is 140 g/mol. The summed E-state index contributed by atoms with van der Waals surface area (Å²) in [5, 5.41) is 0. The first-order valence-corrected chi connectivity index (χ1v) is 3.99. The second-order valence-corrected chi connectivity index (χ2v) is 2.39. The Balaban J connectivity index is 2.92. The number of nitrogens with zero attached hydrogens (tertiary/aromatic N) is 1. The summed E-state index contributed by atoms with van der Waals surface area (Å²) < 4.78 is 5.37. The van der Waals surface area contributed by atoms with Gasteiger partial charge in [-0.2, -0.15) is 0 Å². The third-order valence-corrected chi connectivity index (χ3v) is 1.65. The Labute approximate surface area is 66.6 Å². The molecule has 1 heterocycles. The second kappa shape index (κ2) is 3.53. The van der Waals surface area contributed by atoms with Crippen molar-refractivity contribution in [1.29, 1.82) is 0 Å². The quantitative estimate of drug-likeness (QED) is 0.713. The molecule has 0 spiro atoms. The van der Waals surface area contributed by atoms with E-state index in [2.05, 4.69) is 18.8 Å². The number of aromatic nitrogens is 1. The molecule has 0 unspecified atom stereocenters. The summed E-state index contributed by atoms with van der Waals surface area (Å²) in [6.45, 7) is 4.52. The Kier molecular flexibility index (Phi) is 2.65. The van der Waals surface area contributed by atoms with E-state index in [9.17, 15) is 0 Å². The van der Waals surface area contributed by atoms with Gasteiger partial charge in [0.25, 0.3) is 0 Å². The van der Waals surface area contributed by atoms with Crippen molar-refractivity contribution in [2.45, 2.75) is 33.2 Å². The van der Waals surface area contributed by atoms with Crippen LogP contribution in [0.1, 0.15) is 31.2 Å². The number of nitrogens with two attached hydrogens (primary N) is 1. The van der Waals surface area contributed by atoms with Gasteiger partial charge < -0.3 is 10.2 Å². The minimum Gasteiger partial charge on any atom is -0.444 e. The predicted molar refractivity (Wildman–Crippen MR) is 43.2 cm³/mol. The Bertz CT molecular complexity index is 208. The summed E-state index contributed by atoms with van der Waals surface area (Å²) in [5.74, 6) is 1.63. The molecule has 2 N–H and O–H groups in total. The summed E-state index contributed by atoms with van der Waals surface area (Å²) in [6, 6.07) is 0. The first-order chi connectivity index (χ1) is 5.31. The van der Waals surface area contributed by atoms with Gasteiger partial charge in [-0.05, 0) is 6.42 Å². The minimum atomic E-state index is 0.396. The van der Waals surface area contributed by atoms with Gasteiger partial charge in [0.1, 0.15) is 5.76 Å². The molecule has 0 bridgehead atoms. The summed E-state index contributed by atoms with van der Waals surface area (Å²) in [4.78, 5) is 4.23. The van der Waals surface area contributed by atoms with Crippen molar-refractivity contribution in [3.05, 3.63) is 17.3 Å². The molecule has 0 aliphatic carbocycles. The molecule has 0 amide bonds. The van der Waals surface area contributed by atoms with Gasteiger partial charge >= 0.3 is 0 Å². The molecule has 0 radical (unpaired) electrons. The highest BCUT2D eigenvalue weighted by Crippen LogP contribution is 2.11. The minimum absolute atomic E-state index is 0.396. The molecule has 3 heteroatoms. The van der Waals surface area contributed by atoms with E-state index in [1.807, 2.05) is 0 Å². The molecule has 1 rings (SSSR count). The van der Waals surface area contributed by atoms with Crippen molar-refractivity contribution >= 4 is 0 Å². The standard InChI is InChI=1S/C8H14N2O/c1-3-6-7(4-2)11-8(5-9)10-6/h3-5,9H2,1-2H3. The van der Waals surface area contributed by atoms with Crippen molar-refractivity contribution in [3.8, 4) is 0 Å². The molecule has 1 aromatic rings. The highest BCUT2D eigenvalue weighted by atomic mass is 16.4. The molecule has 1 aromatic heterocycles. The van der Waals surface area contributed by atoms with Crippen molar-refractivity contribution in [3.63, 3.8) is 0 Å². The van der Waals surface area contributed by atoms with Crippen LogP contribution in [0.5, 0.6) is 0 Å². The average molecular weight is 154 g/mol. The highest BCUT2D eigenvalue weighted by Gasteiger charge is 2.07. The Hall–Kier alpha value is -0.830. The van der Waals surface area contributed by atoms with Gasteiger partial charge in [0.2, 0.25) is 5.89 Å². The van der Waals surface area contributed by atoms with E-state index in [-0.39, 0.29) is 0 Å². The van der Waals surface area contributed by atoms with Crippen LogP contribution in [0.15, 0.2) is 4.42 Å². The third-order valence-electron chi connectivity index (χ3n) is 1.65. The molecule has 0 aliphatic rings. The molecule has 0 aromatic carbocycles. The molecule has 0 atom stereocenters. The fourth-order valence-corrected chi connectivity index (χ4v) is 1.08.